The van der Waals surface area contributed by atoms with E-state index in [1.165, 1.54) is 6.92 Å². The van der Waals surface area contributed by atoms with Gasteiger partial charge in [-0.05, 0) is 17.5 Å². The number of fused-ring (bicyclic) bond motifs is 3. The topological polar surface area (TPSA) is 62.0 Å². The SMILES string of the molecule is CC(=O)Nc1c(Cl)cc2c([nH]c(=O)c3ccccc32)c1Cl. The molecule has 3 aromatic rings. The van der Waals surface area contributed by atoms with Crippen LogP contribution in [-0.4, -0.2) is 10.9 Å². The molecule has 1 aromatic heterocycles. The molecule has 21 heavy (non-hydrogen) atoms. The molecule has 0 fully saturated rings. The van der Waals surface area contributed by atoms with Gasteiger partial charge in [-0.15, -0.1) is 0 Å². The van der Waals surface area contributed by atoms with Gasteiger partial charge in [-0.3, -0.25) is 9.59 Å². The van der Waals surface area contributed by atoms with Crippen molar-refractivity contribution >= 4 is 56.5 Å². The molecule has 0 radical (unpaired) electrons. The van der Waals surface area contributed by atoms with E-state index < -0.39 is 0 Å². The zero-order valence-electron chi connectivity index (χ0n) is 11.0. The minimum atomic E-state index is -0.290. The smallest absolute Gasteiger partial charge is 0.256 e. The Labute approximate surface area is 129 Å². The van der Waals surface area contributed by atoms with E-state index in [9.17, 15) is 9.59 Å². The lowest BCUT2D eigenvalue weighted by Crippen LogP contribution is -2.10. The molecule has 0 aliphatic carbocycles. The average molecular weight is 321 g/mol. The van der Waals surface area contributed by atoms with Crippen LogP contribution in [0.15, 0.2) is 35.1 Å². The van der Waals surface area contributed by atoms with Crippen LogP contribution in [0.5, 0.6) is 0 Å². The monoisotopic (exact) mass is 320 g/mol. The maximum absolute atomic E-state index is 12.1. The summed E-state index contributed by atoms with van der Waals surface area (Å²) in [7, 11) is 0. The van der Waals surface area contributed by atoms with E-state index in [4.69, 9.17) is 23.2 Å². The van der Waals surface area contributed by atoms with Gasteiger partial charge < -0.3 is 10.3 Å². The first-order chi connectivity index (χ1) is 9.99. The number of carbonyl (C=O) groups is 1. The third-order valence-electron chi connectivity index (χ3n) is 3.22. The predicted molar refractivity (Wildman–Crippen MR) is 86.4 cm³/mol. The van der Waals surface area contributed by atoms with Crippen molar-refractivity contribution in [2.45, 2.75) is 6.92 Å². The van der Waals surface area contributed by atoms with E-state index in [1.807, 2.05) is 12.1 Å². The van der Waals surface area contributed by atoms with Crippen LogP contribution in [-0.2, 0) is 4.79 Å². The molecule has 4 nitrogen and oxygen atoms in total. The number of halogens is 2. The Morgan fingerprint density at radius 1 is 1.14 bits per heavy atom. The summed E-state index contributed by atoms with van der Waals surface area (Å²) in [6, 6.07) is 8.88. The number of benzene rings is 2. The summed E-state index contributed by atoms with van der Waals surface area (Å²) in [5.74, 6) is -0.290. The lowest BCUT2D eigenvalue weighted by molar-refractivity contribution is -0.114. The second-order valence-electron chi connectivity index (χ2n) is 4.65. The Hall–Kier alpha value is -2.04. The maximum Gasteiger partial charge on any atom is 0.256 e. The van der Waals surface area contributed by atoms with Crippen molar-refractivity contribution < 1.29 is 4.79 Å². The molecule has 0 aliphatic rings. The summed E-state index contributed by atoms with van der Waals surface area (Å²) < 4.78 is 0. The van der Waals surface area contributed by atoms with Crippen LogP contribution >= 0.6 is 23.2 Å². The molecule has 6 heteroatoms. The number of rotatable bonds is 1. The van der Waals surface area contributed by atoms with Gasteiger partial charge in [0.2, 0.25) is 5.91 Å². The largest absolute Gasteiger partial charge is 0.324 e. The molecule has 1 amide bonds. The molecule has 0 aliphatic heterocycles. The van der Waals surface area contributed by atoms with E-state index in [1.54, 1.807) is 18.2 Å². The molecular formula is C15H10Cl2N2O2. The van der Waals surface area contributed by atoms with Gasteiger partial charge in [0.05, 0.1) is 21.2 Å². The molecule has 0 bridgehead atoms. The molecule has 106 valence electrons. The van der Waals surface area contributed by atoms with Crippen molar-refractivity contribution in [3.63, 3.8) is 0 Å². The van der Waals surface area contributed by atoms with Crippen molar-refractivity contribution in [3.05, 3.63) is 50.7 Å². The third kappa shape index (κ3) is 2.26. The second kappa shape index (κ2) is 5.06. The van der Waals surface area contributed by atoms with Crippen LogP contribution in [0.1, 0.15) is 6.92 Å². The zero-order valence-corrected chi connectivity index (χ0v) is 12.5. The van der Waals surface area contributed by atoms with Crippen molar-refractivity contribution in [2.75, 3.05) is 5.32 Å². The summed E-state index contributed by atoms with van der Waals surface area (Å²) in [6.07, 6.45) is 0. The van der Waals surface area contributed by atoms with Crippen LogP contribution < -0.4 is 10.9 Å². The normalized spacial score (nSPS) is 11.0. The van der Waals surface area contributed by atoms with Crippen molar-refractivity contribution in [3.8, 4) is 0 Å². The summed E-state index contributed by atoms with van der Waals surface area (Å²) in [4.78, 5) is 26.1. The highest BCUT2D eigenvalue weighted by Crippen LogP contribution is 2.38. The quantitative estimate of drug-likeness (QED) is 0.667. The highest BCUT2D eigenvalue weighted by atomic mass is 35.5. The summed E-state index contributed by atoms with van der Waals surface area (Å²) in [5, 5.41) is 5.16. The Balaban J connectivity index is 2.48. The van der Waals surface area contributed by atoms with Crippen LogP contribution in [0.2, 0.25) is 10.0 Å². The maximum atomic E-state index is 12.1. The van der Waals surface area contributed by atoms with E-state index in [0.717, 1.165) is 10.8 Å². The van der Waals surface area contributed by atoms with Gasteiger partial charge in [0.25, 0.3) is 5.56 Å². The van der Waals surface area contributed by atoms with Gasteiger partial charge in [0.15, 0.2) is 0 Å². The second-order valence-corrected chi connectivity index (χ2v) is 5.44. The fourth-order valence-electron chi connectivity index (χ4n) is 2.34. The van der Waals surface area contributed by atoms with Crippen molar-refractivity contribution in [1.82, 2.24) is 4.98 Å². The minimum absolute atomic E-state index is 0.218. The average Bonchev–Trinajstić information content (AvgIpc) is 2.45. The molecule has 0 saturated heterocycles. The number of pyridine rings is 1. The first-order valence-corrected chi connectivity index (χ1v) is 6.95. The number of carbonyl (C=O) groups excluding carboxylic acids is 1. The highest BCUT2D eigenvalue weighted by molar-refractivity contribution is 6.44. The number of nitrogens with one attached hydrogen (secondary N) is 2. The summed E-state index contributed by atoms with van der Waals surface area (Å²) >= 11 is 12.5. The van der Waals surface area contributed by atoms with E-state index in [2.05, 4.69) is 10.3 Å². The number of anilines is 1. The number of aromatic amines is 1. The molecule has 2 aromatic carbocycles. The fraction of sp³-hybridized carbons (Fsp3) is 0.0667. The zero-order chi connectivity index (χ0) is 15.1. The fourth-order valence-corrected chi connectivity index (χ4v) is 2.94. The molecule has 2 N–H and O–H groups in total. The highest BCUT2D eigenvalue weighted by Gasteiger charge is 2.15. The standard InChI is InChI=1S/C15H10Cl2N2O2/c1-7(20)18-14-11(16)6-10-8-4-2-3-5-9(8)15(21)19-13(10)12(14)17/h2-6H,1H3,(H,18,20)(H,19,21). The lowest BCUT2D eigenvalue weighted by atomic mass is 10.1. The van der Waals surface area contributed by atoms with Crippen LogP contribution in [0, 0.1) is 0 Å². The van der Waals surface area contributed by atoms with Crippen LogP contribution in [0.25, 0.3) is 21.7 Å². The van der Waals surface area contributed by atoms with E-state index >= 15 is 0 Å². The van der Waals surface area contributed by atoms with Crippen LogP contribution in [0.4, 0.5) is 5.69 Å². The summed E-state index contributed by atoms with van der Waals surface area (Å²) in [6.45, 7) is 1.36. The first kappa shape index (κ1) is 13.9. The number of H-pyrrole nitrogens is 1. The van der Waals surface area contributed by atoms with Gasteiger partial charge in [-0.1, -0.05) is 41.4 Å². The molecule has 3 rings (SSSR count). The van der Waals surface area contributed by atoms with Crippen LogP contribution in [0.3, 0.4) is 0 Å². The van der Waals surface area contributed by atoms with Gasteiger partial charge in [0, 0.05) is 17.7 Å². The number of aromatic nitrogens is 1. The van der Waals surface area contributed by atoms with Gasteiger partial charge in [-0.25, -0.2) is 0 Å². The molecule has 0 unspecified atom stereocenters. The molecule has 0 spiro atoms. The first-order valence-electron chi connectivity index (χ1n) is 6.19. The van der Waals surface area contributed by atoms with E-state index in [0.29, 0.717) is 21.6 Å². The Morgan fingerprint density at radius 2 is 1.81 bits per heavy atom. The Bertz CT molecular complexity index is 948. The molecule has 0 saturated carbocycles. The predicted octanol–water partition coefficient (Wildman–Crippen LogP) is 3.95. The number of hydrogen-bond acceptors (Lipinski definition) is 2. The number of hydrogen-bond donors (Lipinski definition) is 2. The third-order valence-corrected chi connectivity index (χ3v) is 3.90. The van der Waals surface area contributed by atoms with Gasteiger partial charge in [0.1, 0.15) is 0 Å². The Kier molecular flexibility index (Phi) is 3.35. The number of amides is 1. The molecule has 0 atom stereocenters. The van der Waals surface area contributed by atoms with Crippen molar-refractivity contribution in [2.24, 2.45) is 0 Å². The molecule has 1 heterocycles. The molecular weight excluding hydrogens is 311 g/mol. The van der Waals surface area contributed by atoms with Crippen molar-refractivity contribution in [1.29, 1.82) is 0 Å². The minimum Gasteiger partial charge on any atom is -0.324 e. The van der Waals surface area contributed by atoms with Gasteiger partial charge >= 0.3 is 0 Å². The lowest BCUT2D eigenvalue weighted by Gasteiger charge is -2.12. The summed E-state index contributed by atoms with van der Waals surface area (Å²) in [5.41, 5.74) is 0.508. The Morgan fingerprint density at radius 3 is 2.48 bits per heavy atom. The van der Waals surface area contributed by atoms with Gasteiger partial charge in [-0.2, -0.15) is 0 Å². The van der Waals surface area contributed by atoms with E-state index in [-0.39, 0.29) is 16.5 Å².